The van der Waals surface area contributed by atoms with Crippen LogP contribution in [0, 0.1) is 0 Å². The number of benzene rings is 1. The molecule has 0 aliphatic carbocycles. The van der Waals surface area contributed by atoms with Crippen LogP contribution in [0.15, 0.2) is 24.3 Å². The molecule has 0 aliphatic rings. The van der Waals surface area contributed by atoms with Gasteiger partial charge in [-0.25, -0.2) is 4.79 Å². The van der Waals surface area contributed by atoms with Gasteiger partial charge in [0.05, 0.1) is 6.54 Å². The van der Waals surface area contributed by atoms with E-state index in [0.717, 1.165) is 0 Å². The second kappa shape index (κ2) is 8.16. The van der Waals surface area contributed by atoms with E-state index in [1.54, 1.807) is 18.2 Å². The average Bonchev–Trinajstić information content (AvgIpc) is 2.39. The van der Waals surface area contributed by atoms with Crippen molar-refractivity contribution in [1.82, 2.24) is 10.2 Å². The lowest BCUT2D eigenvalue weighted by molar-refractivity contribution is -0.121. The van der Waals surface area contributed by atoms with Crippen molar-refractivity contribution in [3.63, 3.8) is 0 Å². The van der Waals surface area contributed by atoms with Crippen molar-refractivity contribution in [3.8, 4) is 5.75 Å². The Balaban J connectivity index is 2.41. The molecule has 0 saturated heterocycles. The molecule has 6 heteroatoms. The van der Waals surface area contributed by atoms with Gasteiger partial charge in [0.25, 0.3) is 0 Å². The molecule has 0 saturated carbocycles. The molecule has 0 bridgehead atoms. The first-order valence-corrected chi connectivity index (χ1v) is 6.45. The first kappa shape index (κ1) is 16.0. The van der Waals surface area contributed by atoms with Crippen molar-refractivity contribution in [2.75, 3.05) is 33.3 Å². The molecular weight excluding hydrogens is 260 g/mol. The number of para-hydroxylation sites is 1. The van der Waals surface area contributed by atoms with Gasteiger partial charge in [0.2, 0.25) is 5.91 Å². The Bertz CT molecular complexity index is 462. The molecule has 0 aromatic heterocycles. The molecule has 1 aromatic rings. The Morgan fingerprint density at radius 3 is 2.70 bits per heavy atom. The number of carboxylic acid groups (broad SMARTS) is 1. The topological polar surface area (TPSA) is 78.9 Å². The van der Waals surface area contributed by atoms with E-state index in [-0.39, 0.29) is 18.0 Å². The number of amides is 1. The molecule has 0 heterocycles. The summed E-state index contributed by atoms with van der Waals surface area (Å²) in [6.07, 6.45) is 0. The Hall–Kier alpha value is -2.08. The minimum Gasteiger partial charge on any atom is -0.491 e. The number of carbonyl (C=O) groups is 2. The molecule has 0 fully saturated rings. The van der Waals surface area contributed by atoms with Crippen LogP contribution in [0.2, 0.25) is 0 Å². The zero-order valence-electron chi connectivity index (χ0n) is 11.8. The zero-order chi connectivity index (χ0) is 15.0. The normalized spacial score (nSPS) is 10.3. The fourth-order valence-electron chi connectivity index (χ4n) is 1.66. The Morgan fingerprint density at radius 2 is 2.05 bits per heavy atom. The molecule has 1 amide bonds. The van der Waals surface area contributed by atoms with E-state index in [1.165, 1.54) is 6.07 Å². The summed E-state index contributed by atoms with van der Waals surface area (Å²) in [6, 6.07) is 6.49. The molecule has 110 valence electrons. The molecule has 0 radical (unpaired) electrons. The van der Waals surface area contributed by atoms with Crippen LogP contribution in [0.5, 0.6) is 5.75 Å². The number of hydrogen-bond donors (Lipinski definition) is 2. The highest BCUT2D eigenvalue weighted by Crippen LogP contribution is 2.17. The monoisotopic (exact) mass is 280 g/mol. The van der Waals surface area contributed by atoms with Crippen LogP contribution in [0.1, 0.15) is 17.3 Å². The van der Waals surface area contributed by atoms with Crippen molar-refractivity contribution in [1.29, 1.82) is 0 Å². The Morgan fingerprint density at radius 1 is 1.35 bits per heavy atom. The Labute approximate surface area is 118 Å². The van der Waals surface area contributed by atoms with E-state index in [4.69, 9.17) is 9.84 Å². The van der Waals surface area contributed by atoms with Crippen LogP contribution < -0.4 is 10.1 Å². The summed E-state index contributed by atoms with van der Waals surface area (Å²) in [7, 11) is 1.81. The number of ether oxygens (including phenoxy) is 1. The number of carboxylic acids is 1. The van der Waals surface area contributed by atoms with E-state index < -0.39 is 5.97 Å². The van der Waals surface area contributed by atoms with Gasteiger partial charge in [-0.1, -0.05) is 12.1 Å². The highest BCUT2D eigenvalue weighted by atomic mass is 16.5. The molecule has 2 N–H and O–H groups in total. The summed E-state index contributed by atoms with van der Waals surface area (Å²) >= 11 is 0. The van der Waals surface area contributed by atoms with Gasteiger partial charge in [0, 0.05) is 13.1 Å². The van der Waals surface area contributed by atoms with Crippen LogP contribution in [-0.4, -0.2) is 55.2 Å². The van der Waals surface area contributed by atoms with E-state index >= 15 is 0 Å². The fourth-order valence-corrected chi connectivity index (χ4v) is 1.66. The second-order valence-electron chi connectivity index (χ2n) is 4.34. The number of likely N-dealkylation sites (N-methyl/N-ethyl adjacent to an activating group) is 2. The lowest BCUT2D eigenvalue weighted by Crippen LogP contribution is -2.36. The van der Waals surface area contributed by atoms with Crippen LogP contribution in [0.25, 0.3) is 0 Å². The fraction of sp³-hybridized carbons (Fsp3) is 0.429. The molecule has 1 rings (SSSR count). The Kier molecular flexibility index (Phi) is 6.52. The first-order chi connectivity index (χ1) is 9.54. The summed E-state index contributed by atoms with van der Waals surface area (Å²) in [5, 5.41) is 11.7. The van der Waals surface area contributed by atoms with E-state index in [9.17, 15) is 9.59 Å². The van der Waals surface area contributed by atoms with Gasteiger partial charge in [-0.05, 0) is 26.1 Å². The van der Waals surface area contributed by atoms with Gasteiger partial charge >= 0.3 is 5.97 Å². The second-order valence-corrected chi connectivity index (χ2v) is 4.34. The molecule has 20 heavy (non-hydrogen) atoms. The van der Waals surface area contributed by atoms with Gasteiger partial charge in [-0.15, -0.1) is 0 Å². The van der Waals surface area contributed by atoms with Crippen molar-refractivity contribution in [2.45, 2.75) is 6.92 Å². The maximum Gasteiger partial charge on any atom is 0.339 e. The molecule has 1 aromatic carbocycles. The quantitative estimate of drug-likeness (QED) is 0.737. The molecule has 0 atom stereocenters. The standard InChI is InChI=1S/C14H20N2O4/c1-3-15-13(17)10-16(2)8-9-20-12-7-5-4-6-11(12)14(18)19/h4-7H,3,8-10H2,1-2H3,(H,15,17)(H,18,19). The van der Waals surface area contributed by atoms with Gasteiger partial charge in [-0.3, -0.25) is 9.69 Å². The van der Waals surface area contributed by atoms with E-state index in [1.807, 2.05) is 18.9 Å². The van der Waals surface area contributed by atoms with Crippen LogP contribution in [-0.2, 0) is 4.79 Å². The summed E-state index contributed by atoms with van der Waals surface area (Å²) in [5.74, 6) is -0.719. The number of nitrogens with one attached hydrogen (secondary N) is 1. The summed E-state index contributed by atoms with van der Waals surface area (Å²) in [6.45, 7) is 3.61. The van der Waals surface area contributed by atoms with Crippen molar-refractivity contribution >= 4 is 11.9 Å². The maximum absolute atomic E-state index is 11.4. The van der Waals surface area contributed by atoms with Crippen molar-refractivity contribution in [3.05, 3.63) is 29.8 Å². The lowest BCUT2D eigenvalue weighted by atomic mass is 10.2. The number of nitrogens with zero attached hydrogens (tertiary/aromatic N) is 1. The zero-order valence-corrected chi connectivity index (χ0v) is 11.8. The molecule has 6 nitrogen and oxygen atoms in total. The van der Waals surface area contributed by atoms with E-state index in [2.05, 4.69) is 5.32 Å². The molecule has 0 aliphatic heterocycles. The minimum absolute atomic E-state index is 0.0408. The van der Waals surface area contributed by atoms with Gasteiger partial charge in [0.15, 0.2) is 0 Å². The third-order valence-electron chi connectivity index (χ3n) is 2.64. The van der Waals surface area contributed by atoms with Crippen LogP contribution in [0.4, 0.5) is 0 Å². The predicted octanol–water partition coefficient (Wildman–Crippen LogP) is 0.832. The van der Waals surface area contributed by atoms with Gasteiger partial charge < -0.3 is 15.2 Å². The first-order valence-electron chi connectivity index (χ1n) is 6.45. The number of carbonyl (C=O) groups excluding carboxylic acids is 1. The molecule has 0 unspecified atom stereocenters. The predicted molar refractivity (Wildman–Crippen MR) is 75.1 cm³/mol. The largest absolute Gasteiger partial charge is 0.491 e. The number of hydrogen-bond acceptors (Lipinski definition) is 4. The van der Waals surface area contributed by atoms with Gasteiger partial charge in [-0.2, -0.15) is 0 Å². The molecular formula is C14H20N2O4. The average molecular weight is 280 g/mol. The molecule has 0 spiro atoms. The number of rotatable bonds is 8. The number of aromatic carboxylic acids is 1. The van der Waals surface area contributed by atoms with Crippen molar-refractivity contribution in [2.24, 2.45) is 0 Å². The minimum atomic E-state index is -1.02. The van der Waals surface area contributed by atoms with Gasteiger partial charge in [0.1, 0.15) is 17.9 Å². The third-order valence-corrected chi connectivity index (χ3v) is 2.64. The smallest absolute Gasteiger partial charge is 0.339 e. The maximum atomic E-state index is 11.4. The van der Waals surface area contributed by atoms with Crippen molar-refractivity contribution < 1.29 is 19.4 Å². The summed E-state index contributed by atoms with van der Waals surface area (Å²) in [5.41, 5.74) is 0.138. The summed E-state index contributed by atoms with van der Waals surface area (Å²) < 4.78 is 5.46. The SMILES string of the molecule is CCNC(=O)CN(C)CCOc1ccccc1C(=O)O. The summed E-state index contributed by atoms with van der Waals surface area (Å²) in [4.78, 5) is 24.2. The van der Waals surface area contributed by atoms with Crippen LogP contribution in [0.3, 0.4) is 0 Å². The van der Waals surface area contributed by atoms with E-state index in [0.29, 0.717) is 25.4 Å². The lowest BCUT2D eigenvalue weighted by Gasteiger charge is -2.16. The highest BCUT2D eigenvalue weighted by molar-refractivity contribution is 5.90. The third kappa shape index (κ3) is 5.27. The highest BCUT2D eigenvalue weighted by Gasteiger charge is 2.10. The van der Waals surface area contributed by atoms with Crippen LogP contribution >= 0.6 is 0 Å².